The fraction of sp³-hybridized carbons (Fsp3) is 0.500. The summed E-state index contributed by atoms with van der Waals surface area (Å²) >= 11 is 0. The van der Waals surface area contributed by atoms with Crippen molar-refractivity contribution >= 4 is 12.1 Å². The standard InChI is InChI=1S/C14H20N2O5/c1-14(2,3)21-13(19)16-10(12(18)20-4)8-9-6-5-7-15-11(9)17/h5-7,10H,8H2,1-4H3,(H,15,17)(H,16,19)/t10-/m0/s1. The Morgan fingerprint density at radius 1 is 1.38 bits per heavy atom. The topological polar surface area (TPSA) is 97.5 Å². The molecule has 1 atom stereocenters. The van der Waals surface area contributed by atoms with Gasteiger partial charge in [0.15, 0.2) is 0 Å². The second-order valence-corrected chi connectivity index (χ2v) is 5.45. The minimum absolute atomic E-state index is 0.0160. The lowest BCUT2D eigenvalue weighted by molar-refractivity contribution is -0.143. The van der Waals surface area contributed by atoms with Crippen LogP contribution in [0.5, 0.6) is 0 Å². The fourth-order valence-corrected chi connectivity index (χ4v) is 1.62. The number of ether oxygens (including phenoxy) is 2. The Kier molecular flexibility index (Phi) is 5.52. The van der Waals surface area contributed by atoms with E-state index in [0.717, 1.165) is 0 Å². The minimum Gasteiger partial charge on any atom is -0.467 e. The van der Waals surface area contributed by atoms with Gasteiger partial charge in [0.25, 0.3) is 5.56 Å². The molecule has 1 heterocycles. The van der Waals surface area contributed by atoms with E-state index in [1.165, 1.54) is 13.3 Å². The first-order valence-electron chi connectivity index (χ1n) is 6.47. The number of hydrogen-bond donors (Lipinski definition) is 2. The molecule has 0 aromatic carbocycles. The van der Waals surface area contributed by atoms with Gasteiger partial charge >= 0.3 is 12.1 Å². The number of pyridine rings is 1. The Morgan fingerprint density at radius 2 is 2.05 bits per heavy atom. The zero-order chi connectivity index (χ0) is 16.0. The highest BCUT2D eigenvalue weighted by Gasteiger charge is 2.25. The van der Waals surface area contributed by atoms with Crippen LogP contribution in [-0.2, 0) is 20.7 Å². The second-order valence-electron chi connectivity index (χ2n) is 5.45. The lowest BCUT2D eigenvalue weighted by Gasteiger charge is -2.22. The molecular formula is C14H20N2O5. The van der Waals surface area contributed by atoms with Crippen LogP contribution in [0.15, 0.2) is 23.1 Å². The number of carbonyl (C=O) groups is 2. The highest BCUT2D eigenvalue weighted by Crippen LogP contribution is 2.08. The van der Waals surface area contributed by atoms with Crippen molar-refractivity contribution in [1.82, 2.24) is 10.3 Å². The van der Waals surface area contributed by atoms with Gasteiger partial charge in [-0.15, -0.1) is 0 Å². The summed E-state index contributed by atoms with van der Waals surface area (Å²) in [5.41, 5.74) is -0.643. The predicted octanol–water partition coefficient (Wildman–Crippen LogP) is 0.984. The molecule has 0 fully saturated rings. The van der Waals surface area contributed by atoms with Crippen molar-refractivity contribution in [2.45, 2.75) is 38.8 Å². The van der Waals surface area contributed by atoms with E-state index in [1.54, 1.807) is 32.9 Å². The highest BCUT2D eigenvalue weighted by molar-refractivity contribution is 5.81. The van der Waals surface area contributed by atoms with Crippen LogP contribution < -0.4 is 10.9 Å². The van der Waals surface area contributed by atoms with Crippen LogP contribution in [0.3, 0.4) is 0 Å². The summed E-state index contributed by atoms with van der Waals surface area (Å²) in [5, 5.41) is 2.41. The molecule has 0 aliphatic rings. The third kappa shape index (κ3) is 5.68. The number of rotatable bonds is 4. The van der Waals surface area contributed by atoms with Crippen LogP contribution in [0, 0.1) is 0 Å². The van der Waals surface area contributed by atoms with Gasteiger partial charge in [-0.05, 0) is 26.8 Å². The van der Waals surface area contributed by atoms with Gasteiger partial charge in [0.2, 0.25) is 0 Å². The first-order valence-corrected chi connectivity index (χ1v) is 6.47. The molecule has 1 amide bonds. The number of carbonyl (C=O) groups excluding carboxylic acids is 2. The quantitative estimate of drug-likeness (QED) is 0.807. The molecule has 0 bridgehead atoms. The molecule has 7 nitrogen and oxygen atoms in total. The van der Waals surface area contributed by atoms with Crippen LogP contribution in [0.25, 0.3) is 0 Å². The molecule has 2 N–H and O–H groups in total. The van der Waals surface area contributed by atoms with Crippen molar-refractivity contribution < 1.29 is 19.1 Å². The summed E-state index contributed by atoms with van der Waals surface area (Å²) < 4.78 is 9.72. The number of methoxy groups -OCH3 is 1. The van der Waals surface area contributed by atoms with E-state index in [0.29, 0.717) is 5.56 Å². The van der Waals surface area contributed by atoms with Crippen molar-refractivity contribution in [2.75, 3.05) is 7.11 Å². The van der Waals surface area contributed by atoms with Crippen LogP contribution >= 0.6 is 0 Å². The number of aromatic amines is 1. The molecule has 1 aromatic heterocycles. The highest BCUT2D eigenvalue weighted by atomic mass is 16.6. The van der Waals surface area contributed by atoms with Gasteiger partial charge in [-0.1, -0.05) is 6.07 Å². The maximum Gasteiger partial charge on any atom is 0.408 e. The van der Waals surface area contributed by atoms with E-state index in [2.05, 4.69) is 15.0 Å². The normalized spacial score (nSPS) is 12.4. The molecule has 21 heavy (non-hydrogen) atoms. The zero-order valence-electron chi connectivity index (χ0n) is 12.6. The monoisotopic (exact) mass is 296 g/mol. The SMILES string of the molecule is COC(=O)[C@H](Cc1ccc[nH]c1=O)NC(=O)OC(C)(C)C. The molecule has 0 spiro atoms. The number of H-pyrrole nitrogens is 1. The van der Waals surface area contributed by atoms with Crippen molar-refractivity contribution in [3.8, 4) is 0 Å². The Hall–Kier alpha value is -2.31. The lowest BCUT2D eigenvalue weighted by Crippen LogP contribution is -2.45. The zero-order valence-corrected chi connectivity index (χ0v) is 12.6. The molecule has 116 valence electrons. The molecule has 0 saturated heterocycles. The first kappa shape index (κ1) is 16.7. The first-order chi connectivity index (χ1) is 9.73. The number of amides is 1. The van der Waals surface area contributed by atoms with Crippen LogP contribution in [0.2, 0.25) is 0 Å². The summed E-state index contributed by atoms with van der Waals surface area (Å²) in [4.78, 5) is 37.6. The van der Waals surface area contributed by atoms with Crippen LogP contribution in [0.1, 0.15) is 26.3 Å². The molecule has 0 saturated carbocycles. The Labute approximate surface area is 122 Å². The van der Waals surface area contributed by atoms with Crippen molar-refractivity contribution in [1.29, 1.82) is 0 Å². The molecule has 0 radical (unpaired) electrons. The van der Waals surface area contributed by atoms with E-state index >= 15 is 0 Å². The number of aromatic nitrogens is 1. The van der Waals surface area contributed by atoms with Crippen LogP contribution in [-0.4, -0.2) is 35.8 Å². The maximum absolute atomic E-state index is 11.7. The van der Waals surface area contributed by atoms with Gasteiger partial charge < -0.3 is 19.8 Å². The van der Waals surface area contributed by atoms with E-state index in [-0.39, 0.29) is 12.0 Å². The summed E-state index contributed by atoms with van der Waals surface area (Å²) in [6, 6.07) is 2.22. The Balaban J connectivity index is 2.83. The molecule has 7 heteroatoms. The smallest absolute Gasteiger partial charge is 0.408 e. The van der Waals surface area contributed by atoms with Gasteiger partial charge in [0.05, 0.1) is 7.11 Å². The second kappa shape index (κ2) is 6.92. The van der Waals surface area contributed by atoms with Crippen LogP contribution in [0.4, 0.5) is 4.79 Å². The van der Waals surface area contributed by atoms with Gasteiger partial charge in [0, 0.05) is 18.2 Å². The largest absolute Gasteiger partial charge is 0.467 e. The van der Waals surface area contributed by atoms with E-state index < -0.39 is 23.7 Å². The van der Waals surface area contributed by atoms with Crippen molar-refractivity contribution in [3.63, 3.8) is 0 Å². The summed E-state index contributed by atoms with van der Waals surface area (Å²) in [5.74, 6) is -0.649. The Morgan fingerprint density at radius 3 is 2.57 bits per heavy atom. The third-order valence-corrected chi connectivity index (χ3v) is 2.50. The van der Waals surface area contributed by atoms with Gasteiger partial charge in [-0.3, -0.25) is 4.79 Å². The fourth-order valence-electron chi connectivity index (χ4n) is 1.62. The number of nitrogens with one attached hydrogen (secondary N) is 2. The van der Waals surface area contributed by atoms with E-state index in [1.807, 2.05) is 0 Å². The van der Waals surface area contributed by atoms with Gasteiger partial charge in [0.1, 0.15) is 11.6 Å². The third-order valence-electron chi connectivity index (χ3n) is 2.50. The lowest BCUT2D eigenvalue weighted by atomic mass is 10.1. The summed E-state index contributed by atoms with van der Waals surface area (Å²) in [6.07, 6.45) is 0.757. The molecule has 1 aromatic rings. The number of esters is 1. The van der Waals surface area contributed by atoms with E-state index in [9.17, 15) is 14.4 Å². The number of alkyl carbamates (subject to hydrolysis) is 1. The summed E-state index contributed by atoms with van der Waals surface area (Å²) in [7, 11) is 1.21. The number of hydrogen-bond acceptors (Lipinski definition) is 5. The molecular weight excluding hydrogens is 276 g/mol. The Bertz CT molecular complexity index is 559. The summed E-state index contributed by atoms with van der Waals surface area (Å²) in [6.45, 7) is 5.13. The van der Waals surface area contributed by atoms with Crippen molar-refractivity contribution in [3.05, 3.63) is 34.2 Å². The van der Waals surface area contributed by atoms with E-state index in [4.69, 9.17) is 4.74 Å². The predicted molar refractivity (Wildman–Crippen MR) is 75.9 cm³/mol. The molecule has 0 aliphatic heterocycles. The molecule has 1 rings (SSSR count). The van der Waals surface area contributed by atoms with Crippen molar-refractivity contribution in [2.24, 2.45) is 0 Å². The molecule has 0 aliphatic carbocycles. The molecule has 0 unspecified atom stereocenters. The maximum atomic E-state index is 11.7. The van der Waals surface area contributed by atoms with Gasteiger partial charge in [-0.2, -0.15) is 0 Å². The average Bonchev–Trinajstić information content (AvgIpc) is 2.37. The van der Waals surface area contributed by atoms with Gasteiger partial charge in [-0.25, -0.2) is 9.59 Å². The minimum atomic E-state index is -0.992. The average molecular weight is 296 g/mol.